The molecule has 2 aromatic heterocycles. The van der Waals surface area contributed by atoms with Gasteiger partial charge in [0.15, 0.2) is 11.0 Å². The van der Waals surface area contributed by atoms with Crippen molar-refractivity contribution in [3.63, 3.8) is 0 Å². The first kappa shape index (κ1) is 20.0. The first-order valence-corrected chi connectivity index (χ1v) is 10.9. The molecule has 2 N–H and O–H groups in total. The molecule has 1 aromatic carbocycles. The van der Waals surface area contributed by atoms with Gasteiger partial charge >= 0.3 is 0 Å². The zero-order chi connectivity index (χ0) is 20.4. The number of ether oxygens (including phenoxy) is 1. The van der Waals surface area contributed by atoms with E-state index in [0.29, 0.717) is 12.3 Å². The van der Waals surface area contributed by atoms with Gasteiger partial charge in [-0.25, -0.2) is 0 Å². The average Bonchev–Trinajstić information content (AvgIpc) is 3.39. The summed E-state index contributed by atoms with van der Waals surface area (Å²) < 4.78 is 7.96. The van der Waals surface area contributed by atoms with E-state index in [4.69, 9.17) is 4.74 Å². The summed E-state index contributed by atoms with van der Waals surface area (Å²) in [5.41, 5.74) is 1.82. The molecule has 1 aliphatic heterocycles. The normalized spacial score (nSPS) is 17.1. The summed E-state index contributed by atoms with van der Waals surface area (Å²) in [4.78, 5) is 15.6. The highest BCUT2D eigenvalue weighted by Gasteiger charge is 2.24. The van der Waals surface area contributed by atoms with Crippen LogP contribution in [0.4, 0.5) is 0 Å². The fraction of sp³-hybridized carbons (Fsp3) is 0.476. The van der Waals surface area contributed by atoms with Gasteiger partial charge in [0, 0.05) is 34.8 Å². The Kier molecular flexibility index (Phi) is 5.65. The van der Waals surface area contributed by atoms with E-state index in [1.54, 1.807) is 0 Å². The third kappa shape index (κ3) is 4.64. The molecule has 3 aromatic rings. The number of carbonyl (C=O) groups is 1. The van der Waals surface area contributed by atoms with Crippen molar-refractivity contribution < 1.29 is 9.53 Å². The minimum atomic E-state index is -0.252. The largest absolute Gasteiger partial charge is 0.376 e. The Hall–Kier alpha value is -2.32. The second kappa shape index (κ2) is 8.20. The quantitative estimate of drug-likeness (QED) is 0.603. The van der Waals surface area contributed by atoms with Crippen LogP contribution in [0.3, 0.4) is 0 Å². The van der Waals surface area contributed by atoms with Gasteiger partial charge in [0.25, 0.3) is 0 Å². The highest BCUT2D eigenvalue weighted by Crippen LogP contribution is 2.31. The fourth-order valence-corrected chi connectivity index (χ4v) is 4.34. The number of carbonyl (C=O) groups excluding carboxylic acids is 1. The van der Waals surface area contributed by atoms with Gasteiger partial charge in [0.1, 0.15) is 0 Å². The van der Waals surface area contributed by atoms with Gasteiger partial charge in [-0.1, -0.05) is 30.0 Å². The predicted molar refractivity (Wildman–Crippen MR) is 115 cm³/mol. The molecule has 0 spiro atoms. The van der Waals surface area contributed by atoms with Gasteiger partial charge in [0.05, 0.1) is 18.4 Å². The van der Waals surface area contributed by atoms with E-state index < -0.39 is 0 Å². The molecule has 1 saturated heterocycles. The van der Waals surface area contributed by atoms with Crippen molar-refractivity contribution in [1.82, 2.24) is 25.1 Å². The lowest BCUT2D eigenvalue weighted by molar-refractivity contribution is -0.119. The van der Waals surface area contributed by atoms with Gasteiger partial charge in [-0.3, -0.25) is 9.36 Å². The molecule has 1 atom stereocenters. The first-order valence-electron chi connectivity index (χ1n) is 9.96. The van der Waals surface area contributed by atoms with Gasteiger partial charge in [-0.05, 0) is 39.7 Å². The van der Waals surface area contributed by atoms with E-state index >= 15 is 0 Å². The van der Waals surface area contributed by atoms with Crippen LogP contribution in [0.25, 0.3) is 22.3 Å². The van der Waals surface area contributed by atoms with Crippen molar-refractivity contribution in [3.05, 3.63) is 30.5 Å². The Morgan fingerprint density at radius 2 is 2.17 bits per heavy atom. The number of amides is 1. The fourth-order valence-electron chi connectivity index (χ4n) is 3.59. The zero-order valence-electron chi connectivity index (χ0n) is 17.1. The number of para-hydroxylation sites is 1. The standard InChI is InChI=1S/C21H27N5O2S/c1-21(2,3)23-18(27)13-29-20-25-24-19(26(20)12-14-7-6-10-28-14)16-11-22-17-9-5-4-8-15(16)17/h4-5,8-9,11,14,22H,6-7,10,12-13H2,1-3H3,(H,23,27). The topological polar surface area (TPSA) is 84.8 Å². The van der Waals surface area contributed by atoms with E-state index in [-0.39, 0.29) is 17.6 Å². The molecule has 1 fully saturated rings. The van der Waals surface area contributed by atoms with Crippen LogP contribution in [0.1, 0.15) is 33.6 Å². The highest BCUT2D eigenvalue weighted by molar-refractivity contribution is 7.99. The minimum absolute atomic E-state index is 0.0113. The Bertz CT molecular complexity index is 998. The molecule has 0 radical (unpaired) electrons. The minimum Gasteiger partial charge on any atom is -0.376 e. The van der Waals surface area contributed by atoms with Crippen LogP contribution < -0.4 is 5.32 Å². The van der Waals surface area contributed by atoms with Gasteiger partial charge in [-0.2, -0.15) is 0 Å². The van der Waals surface area contributed by atoms with Crippen LogP contribution in [-0.2, 0) is 16.1 Å². The first-order chi connectivity index (χ1) is 13.9. The number of thioether (sulfide) groups is 1. The van der Waals surface area contributed by atoms with Gasteiger partial charge < -0.3 is 15.0 Å². The Morgan fingerprint density at radius 1 is 1.34 bits per heavy atom. The number of aromatic amines is 1. The molecular weight excluding hydrogens is 386 g/mol. The Morgan fingerprint density at radius 3 is 2.93 bits per heavy atom. The third-order valence-electron chi connectivity index (χ3n) is 4.80. The zero-order valence-corrected chi connectivity index (χ0v) is 17.9. The summed E-state index contributed by atoms with van der Waals surface area (Å²) in [6.07, 6.45) is 4.23. The lowest BCUT2D eigenvalue weighted by Crippen LogP contribution is -2.41. The molecule has 1 unspecified atom stereocenters. The summed E-state index contributed by atoms with van der Waals surface area (Å²) in [6.45, 7) is 7.41. The number of nitrogens with one attached hydrogen (secondary N) is 2. The number of nitrogens with zero attached hydrogens (tertiary/aromatic N) is 3. The van der Waals surface area contributed by atoms with E-state index in [0.717, 1.165) is 46.9 Å². The third-order valence-corrected chi connectivity index (χ3v) is 5.77. The SMILES string of the molecule is CC(C)(C)NC(=O)CSc1nnc(-c2c[nH]c3ccccc23)n1CC1CCCO1. The number of fused-ring (bicyclic) bond motifs is 1. The smallest absolute Gasteiger partial charge is 0.230 e. The number of hydrogen-bond donors (Lipinski definition) is 2. The van der Waals surface area contributed by atoms with Crippen molar-refractivity contribution in [3.8, 4) is 11.4 Å². The number of rotatable bonds is 6. The number of benzene rings is 1. The van der Waals surface area contributed by atoms with Crippen LogP contribution in [-0.4, -0.2) is 49.7 Å². The van der Waals surface area contributed by atoms with Crippen molar-refractivity contribution in [1.29, 1.82) is 0 Å². The summed E-state index contributed by atoms with van der Waals surface area (Å²) in [7, 11) is 0. The van der Waals surface area contributed by atoms with Crippen LogP contribution in [0.5, 0.6) is 0 Å². The second-order valence-electron chi connectivity index (χ2n) is 8.39. The summed E-state index contributed by atoms with van der Waals surface area (Å²) in [5.74, 6) is 1.09. The molecule has 1 aliphatic rings. The second-order valence-corrected chi connectivity index (χ2v) is 9.33. The molecule has 3 heterocycles. The van der Waals surface area contributed by atoms with Crippen molar-refractivity contribution in [2.24, 2.45) is 0 Å². The molecule has 4 rings (SSSR count). The van der Waals surface area contributed by atoms with Gasteiger partial charge in [-0.15, -0.1) is 10.2 Å². The summed E-state index contributed by atoms with van der Waals surface area (Å²) >= 11 is 1.41. The highest BCUT2D eigenvalue weighted by atomic mass is 32.2. The van der Waals surface area contributed by atoms with E-state index in [9.17, 15) is 4.79 Å². The maximum atomic E-state index is 12.3. The van der Waals surface area contributed by atoms with Crippen LogP contribution in [0.2, 0.25) is 0 Å². The van der Waals surface area contributed by atoms with Crippen LogP contribution in [0.15, 0.2) is 35.6 Å². The molecule has 8 heteroatoms. The molecule has 1 amide bonds. The van der Waals surface area contributed by atoms with Crippen molar-refractivity contribution in [2.75, 3.05) is 12.4 Å². The molecule has 29 heavy (non-hydrogen) atoms. The number of H-pyrrole nitrogens is 1. The maximum Gasteiger partial charge on any atom is 0.230 e. The maximum absolute atomic E-state index is 12.3. The molecular formula is C21H27N5O2S. The van der Waals surface area contributed by atoms with Crippen LogP contribution in [0, 0.1) is 0 Å². The lowest BCUT2D eigenvalue weighted by atomic mass is 10.1. The monoisotopic (exact) mass is 413 g/mol. The predicted octanol–water partition coefficient (Wildman–Crippen LogP) is 3.61. The number of aromatic nitrogens is 4. The van der Waals surface area contributed by atoms with Crippen molar-refractivity contribution >= 4 is 28.6 Å². The molecule has 0 aliphatic carbocycles. The van der Waals surface area contributed by atoms with Crippen molar-refractivity contribution in [2.45, 2.75) is 57.0 Å². The summed E-state index contributed by atoms with van der Waals surface area (Å²) in [6, 6.07) is 8.16. The van der Waals surface area contributed by atoms with Gasteiger partial charge in [0.2, 0.25) is 5.91 Å². The van der Waals surface area contributed by atoms with Crippen LogP contribution >= 0.6 is 11.8 Å². The summed E-state index contributed by atoms with van der Waals surface area (Å²) in [5, 5.41) is 13.7. The van der Waals surface area contributed by atoms with E-state index in [2.05, 4.69) is 31.1 Å². The Balaban J connectivity index is 1.62. The van der Waals surface area contributed by atoms with E-state index in [1.165, 1.54) is 11.8 Å². The van der Waals surface area contributed by atoms with E-state index in [1.807, 2.05) is 45.2 Å². The molecule has 154 valence electrons. The molecule has 0 bridgehead atoms. The average molecular weight is 414 g/mol. The molecule has 0 saturated carbocycles. The molecule has 7 nitrogen and oxygen atoms in total. The Labute approximate surface area is 174 Å². The lowest BCUT2D eigenvalue weighted by Gasteiger charge is -2.20. The number of hydrogen-bond acceptors (Lipinski definition) is 5.